The number of nitrogens with zero attached hydrogens (tertiary/aromatic N) is 5. The zero-order valence-electron chi connectivity index (χ0n) is 20.9. The maximum absolute atomic E-state index is 12.5. The summed E-state index contributed by atoms with van der Waals surface area (Å²) in [5, 5.41) is 0.921. The second kappa shape index (κ2) is 8.68. The molecule has 1 amide bonds. The number of rotatable bonds is 3. The van der Waals surface area contributed by atoms with E-state index in [1.807, 2.05) is 32.6 Å². The average Bonchev–Trinajstić information content (AvgIpc) is 3.47. The molecule has 5 heterocycles. The average molecular weight is 471 g/mol. The molecule has 0 aromatic carbocycles. The van der Waals surface area contributed by atoms with Crippen LogP contribution in [0.5, 0.6) is 0 Å². The Labute approximate surface area is 201 Å². The zero-order chi connectivity index (χ0) is 24.1. The molecule has 9 nitrogen and oxygen atoms in total. The number of nitrogens with two attached hydrogens (primary N) is 1. The van der Waals surface area contributed by atoms with E-state index in [0.29, 0.717) is 5.82 Å². The number of fused-ring (bicyclic) bond motifs is 1. The van der Waals surface area contributed by atoms with Crippen LogP contribution in [-0.4, -0.2) is 73.9 Å². The Balaban J connectivity index is 1.21. The largest absolute Gasteiger partial charge is 0.444 e. The fourth-order valence-electron chi connectivity index (χ4n) is 6.07. The molecule has 0 saturated carbocycles. The summed E-state index contributed by atoms with van der Waals surface area (Å²) in [4.78, 5) is 25.7. The minimum Gasteiger partial charge on any atom is -0.444 e. The van der Waals surface area contributed by atoms with Gasteiger partial charge in [0.15, 0.2) is 0 Å². The Morgan fingerprint density at radius 1 is 1.21 bits per heavy atom. The van der Waals surface area contributed by atoms with Gasteiger partial charge in [0.25, 0.3) is 0 Å². The highest BCUT2D eigenvalue weighted by Crippen LogP contribution is 2.41. The number of piperidine rings is 1. The van der Waals surface area contributed by atoms with Gasteiger partial charge < -0.3 is 24.7 Å². The maximum Gasteiger partial charge on any atom is 0.410 e. The number of carbonyl (C=O) groups excluding carboxylic acids is 1. The van der Waals surface area contributed by atoms with E-state index in [2.05, 4.69) is 25.6 Å². The molecular weight excluding hydrogens is 432 g/mol. The molecule has 3 aliphatic heterocycles. The van der Waals surface area contributed by atoms with Crippen LogP contribution in [0.4, 0.5) is 10.6 Å². The highest BCUT2D eigenvalue weighted by molar-refractivity contribution is 5.89. The summed E-state index contributed by atoms with van der Waals surface area (Å²) in [6.07, 6.45) is 10.00. The van der Waals surface area contributed by atoms with Gasteiger partial charge in [-0.25, -0.2) is 14.8 Å². The van der Waals surface area contributed by atoms with Crippen molar-refractivity contribution in [3.05, 3.63) is 18.1 Å². The Morgan fingerprint density at radius 2 is 1.97 bits per heavy atom. The van der Waals surface area contributed by atoms with E-state index in [4.69, 9.17) is 15.2 Å². The fraction of sp³-hybridized carbons (Fsp3) is 0.720. The molecule has 186 valence electrons. The van der Waals surface area contributed by atoms with Crippen molar-refractivity contribution in [1.82, 2.24) is 24.3 Å². The van der Waals surface area contributed by atoms with Crippen molar-refractivity contribution >= 4 is 22.9 Å². The molecule has 2 aromatic rings. The molecule has 2 aromatic heterocycles. The summed E-state index contributed by atoms with van der Waals surface area (Å²) in [6.45, 7) is 11.4. The number of hydrogen-bond donors (Lipinski definition) is 1. The lowest BCUT2D eigenvalue weighted by Crippen LogP contribution is -2.55. The number of hydrogen-bond acceptors (Lipinski definition) is 7. The third-order valence-electron chi connectivity index (χ3n) is 7.73. The van der Waals surface area contributed by atoms with Crippen molar-refractivity contribution in [2.45, 2.75) is 89.7 Å². The summed E-state index contributed by atoms with van der Waals surface area (Å²) in [5.74, 6) is 0.521. The number of amides is 1. The van der Waals surface area contributed by atoms with E-state index >= 15 is 0 Å². The van der Waals surface area contributed by atoms with Gasteiger partial charge in [0.05, 0.1) is 11.5 Å². The molecule has 0 aliphatic carbocycles. The number of ether oxygens (including phenoxy) is 2. The molecule has 0 bridgehead atoms. The van der Waals surface area contributed by atoms with Crippen LogP contribution in [0, 0.1) is 6.92 Å². The lowest BCUT2D eigenvalue weighted by atomic mass is 9.85. The van der Waals surface area contributed by atoms with E-state index < -0.39 is 5.60 Å². The molecule has 5 rings (SSSR count). The topological polar surface area (TPSA) is 98.7 Å². The first-order valence-electron chi connectivity index (χ1n) is 12.6. The van der Waals surface area contributed by atoms with E-state index in [1.165, 1.54) is 19.2 Å². The van der Waals surface area contributed by atoms with Gasteiger partial charge >= 0.3 is 6.09 Å². The lowest BCUT2D eigenvalue weighted by molar-refractivity contribution is -0.0364. The minimum atomic E-state index is -0.455. The summed E-state index contributed by atoms with van der Waals surface area (Å²) in [5.41, 5.74) is 7.75. The molecule has 2 atom stereocenters. The fourth-order valence-corrected chi connectivity index (χ4v) is 6.07. The van der Waals surface area contributed by atoms with Crippen LogP contribution in [0.15, 0.2) is 12.5 Å². The normalized spacial score (nSPS) is 25.5. The van der Waals surface area contributed by atoms with Crippen LogP contribution < -0.4 is 5.73 Å². The van der Waals surface area contributed by atoms with Gasteiger partial charge in [0.1, 0.15) is 29.6 Å². The molecule has 34 heavy (non-hydrogen) atoms. The van der Waals surface area contributed by atoms with Crippen molar-refractivity contribution in [3.8, 4) is 0 Å². The Hall–Kier alpha value is -2.39. The van der Waals surface area contributed by atoms with Crippen molar-refractivity contribution in [2.24, 2.45) is 0 Å². The second-order valence-corrected chi connectivity index (χ2v) is 11.2. The van der Waals surface area contributed by atoms with E-state index in [0.717, 1.165) is 68.5 Å². The van der Waals surface area contributed by atoms with E-state index in [1.54, 1.807) is 0 Å². The number of anilines is 1. The van der Waals surface area contributed by atoms with Gasteiger partial charge in [0.2, 0.25) is 0 Å². The SMILES string of the molecule is Cc1cn(C2CCC(CN3CCCC34CCN(C(=O)OC(C)(C)C)CC4)O2)c2ncnc(N)c12. The molecule has 3 fully saturated rings. The Kier molecular flexibility index (Phi) is 5.96. The van der Waals surface area contributed by atoms with Gasteiger partial charge in [-0.1, -0.05) is 0 Å². The number of likely N-dealkylation sites (tertiary alicyclic amines) is 2. The zero-order valence-corrected chi connectivity index (χ0v) is 20.9. The minimum absolute atomic E-state index is 0.0249. The van der Waals surface area contributed by atoms with Crippen molar-refractivity contribution in [3.63, 3.8) is 0 Å². The van der Waals surface area contributed by atoms with Crippen molar-refractivity contribution < 1.29 is 14.3 Å². The number of aryl methyl sites for hydroxylation is 1. The van der Waals surface area contributed by atoms with Gasteiger partial charge in [-0.05, 0) is 78.3 Å². The number of nitrogen functional groups attached to an aromatic ring is 1. The highest BCUT2D eigenvalue weighted by Gasteiger charge is 2.45. The van der Waals surface area contributed by atoms with Crippen LogP contribution in [-0.2, 0) is 9.47 Å². The van der Waals surface area contributed by atoms with E-state index in [9.17, 15) is 4.79 Å². The quantitative estimate of drug-likeness (QED) is 0.727. The van der Waals surface area contributed by atoms with Crippen LogP contribution >= 0.6 is 0 Å². The van der Waals surface area contributed by atoms with Gasteiger partial charge in [-0.2, -0.15) is 0 Å². The van der Waals surface area contributed by atoms with Gasteiger partial charge in [-0.15, -0.1) is 0 Å². The molecule has 0 radical (unpaired) electrons. The molecule has 2 N–H and O–H groups in total. The summed E-state index contributed by atoms with van der Waals surface area (Å²) in [6, 6.07) is 0. The number of carbonyl (C=O) groups is 1. The predicted octanol–water partition coefficient (Wildman–Crippen LogP) is 3.87. The molecule has 9 heteroatoms. The Bertz CT molecular complexity index is 1050. The monoisotopic (exact) mass is 470 g/mol. The van der Waals surface area contributed by atoms with Crippen LogP contribution in [0.3, 0.4) is 0 Å². The van der Waals surface area contributed by atoms with Crippen LogP contribution in [0.2, 0.25) is 0 Å². The Morgan fingerprint density at radius 3 is 2.71 bits per heavy atom. The second-order valence-electron chi connectivity index (χ2n) is 11.2. The molecule has 3 saturated heterocycles. The first kappa shape index (κ1) is 23.4. The highest BCUT2D eigenvalue weighted by atomic mass is 16.6. The first-order chi connectivity index (χ1) is 16.2. The molecule has 2 unspecified atom stereocenters. The lowest BCUT2D eigenvalue weighted by Gasteiger charge is -2.45. The first-order valence-corrected chi connectivity index (χ1v) is 12.6. The molecule has 1 spiro atoms. The standard InChI is InChI=1S/C25H38N6O3/c1-17-14-31(22-20(17)21(26)27-16-28-22)19-7-6-18(33-19)15-30-11-5-8-25(30)9-12-29(13-10-25)23(32)34-24(2,3)4/h14,16,18-19H,5-13,15H2,1-4H3,(H2,26,27,28). The van der Waals surface area contributed by atoms with Crippen LogP contribution in [0.25, 0.3) is 11.0 Å². The van der Waals surface area contributed by atoms with Gasteiger partial charge in [0, 0.05) is 31.4 Å². The number of aromatic nitrogens is 3. The smallest absolute Gasteiger partial charge is 0.410 e. The maximum atomic E-state index is 12.5. The summed E-state index contributed by atoms with van der Waals surface area (Å²) < 4.78 is 14.3. The van der Waals surface area contributed by atoms with Crippen LogP contribution in [0.1, 0.15) is 71.1 Å². The van der Waals surface area contributed by atoms with Crippen molar-refractivity contribution in [1.29, 1.82) is 0 Å². The predicted molar refractivity (Wildman–Crippen MR) is 130 cm³/mol. The molecule has 3 aliphatic rings. The van der Waals surface area contributed by atoms with Crippen molar-refractivity contribution in [2.75, 3.05) is 31.9 Å². The summed E-state index contributed by atoms with van der Waals surface area (Å²) in [7, 11) is 0. The summed E-state index contributed by atoms with van der Waals surface area (Å²) >= 11 is 0. The third-order valence-corrected chi connectivity index (χ3v) is 7.73. The van der Waals surface area contributed by atoms with E-state index in [-0.39, 0.29) is 24.0 Å². The van der Waals surface area contributed by atoms with Gasteiger partial charge in [-0.3, -0.25) is 4.90 Å². The molecular formula is C25H38N6O3. The third kappa shape index (κ3) is 4.35.